The number of nitrogens with zero attached hydrogens (tertiary/aromatic N) is 4. The van der Waals surface area contributed by atoms with Crippen LogP contribution in [0.25, 0.3) is 0 Å². The van der Waals surface area contributed by atoms with Crippen molar-refractivity contribution in [3.63, 3.8) is 0 Å². The molecule has 48 heavy (non-hydrogen) atoms. The van der Waals surface area contributed by atoms with Crippen LogP contribution < -0.4 is 0 Å². The van der Waals surface area contributed by atoms with Crippen LogP contribution in [0.2, 0.25) is 0 Å². The minimum absolute atomic E-state index is 0.00612. The van der Waals surface area contributed by atoms with E-state index >= 15 is 0 Å². The molecule has 0 N–H and O–H groups in total. The summed E-state index contributed by atoms with van der Waals surface area (Å²) < 4.78 is 10.4. The topological polar surface area (TPSA) is 168 Å². The third kappa shape index (κ3) is 13.2. The Bertz CT molecular complexity index is 1180. The summed E-state index contributed by atoms with van der Waals surface area (Å²) in [5.74, 6) is -2.20. The molecule has 14 heteroatoms. The minimum Gasteiger partial charge on any atom is -0.373 e. The molecule has 2 saturated heterocycles. The largest absolute Gasteiger partial charge is 0.373 e. The molecule has 0 aromatic rings. The summed E-state index contributed by atoms with van der Waals surface area (Å²) in [6.45, 7) is 15.2. The standard InChI is InChI=1S/2C17H28N2O5/c1-11(2)13-8-15(21)19(17(13)23)9-16(22)18(5)6-7-24-10-14(20)12(3)4;1-11(2)13-8-16(22)19(17(13)23)10-18(5)15(21)6-7-24-9-14(20)12(3)4/h2*11-13H,6-10H2,1-5H3. The van der Waals surface area contributed by atoms with Crippen LogP contribution >= 0.6 is 0 Å². The molecule has 2 heterocycles. The van der Waals surface area contributed by atoms with Crippen molar-refractivity contribution in [3.8, 4) is 0 Å². The Morgan fingerprint density at radius 1 is 0.667 bits per heavy atom. The zero-order chi connectivity index (χ0) is 36.9. The fourth-order valence-corrected chi connectivity index (χ4v) is 4.68. The van der Waals surface area contributed by atoms with Gasteiger partial charge in [-0.15, -0.1) is 0 Å². The number of amides is 6. The second-order valence-electron chi connectivity index (χ2n) is 13.7. The summed E-state index contributed by atoms with van der Waals surface area (Å²) in [5, 5.41) is 0. The van der Waals surface area contributed by atoms with Crippen molar-refractivity contribution in [1.82, 2.24) is 19.6 Å². The number of carbonyl (C=O) groups is 8. The molecule has 2 rings (SSSR count). The molecular weight excluding hydrogens is 624 g/mol. The van der Waals surface area contributed by atoms with Crippen molar-refractivity contribution in [2.45, 2.75) is 74.7 Å². The first-order chi connectivity index (χ1) is 22.3. The smallest absolute Gasteiger partial charge is 0.242 e. The molecule has 6 amide bonds. The van der Waals surface area contributed by atoms with Crippen LogP contribution in [0.4, 0.5) is 0 Å². The minimum atomic E-state index is -0.332. The number of Topliss-reactive ketones (excluding diaryl/α,β-unsaturated/α-hetero) is 2. The SMILES string of the molecule is CC(C)C(=O)COCCC(=O)N(C)CN1C(=O)CC(C(C)C)C1=O.CC(C)C(=O)COCCN(C)C(=O)CN1C(=O)CC(C(C)C)C1=O. The molecule has 2 unspecified atom stereocenters. The molecule has 2 fully saturated rings. The number of ketones is 2. The van der Waals surface area contributed by atoms with Crippen molar-refractivity contribution in [2.24, 2.45) is 35.5 Å². The molecule has 0 aromatic heterocycles. The number of likely N-dealkylation sites (tertiary alicyclic amines) is 2. The maximum atomic E-state index is 12.2. The van der Waals surface area contributed by atoms with Crippen LogP contribution in [0.5, 0.6) is 0 Å². The monoisotopic (exact) mass is 680 g/mol. The Balaban J connectivity index is 0.000000480. The van der Waals surface area contributed by atoms with Gasteiger partial charge in [0.1, 0.15) is 26.4 Å². The van der Waals surface area contributed by atoms with Crippen molar-refractivity contribution < 1.29 is 47.8 Å². The van der Waals surface area contributed by atoms with Crippen LogP contribution in [-0.2, 0) is 47.8 Å². The molecule has 2 atom stereocenters. The predicted octanol–water partition coefficient (Wildman–Crippen LogP) is 1.78. The highest BCUT2D eigenvalue weighted by atomic mass is 16.5. The maximum Gasteiger partial charge on any atom is 0.242 e. The van der Waals surface area contributed by atoms with E-state index in [1.165, 1.54) is 9.80 Å². The van der Waals surface area contributed by atoms with Gasteiger partial charge in [0, 0.05) is 57.2 Å². The molecule has 0 aliphatic carbocycles. The highest BCUT2D eigenvalue weighted by Gasteiger charge is 2.42. The zero-order valence-corrected chi connectivity index (χ0v) is 30.4. The lowest BCUT2D eigenvalue weighted by Gasteiger charge is -2.24. The fraction of sp³-hybridized carbons (Fsp3) is 0.765. The summed E-state index contributed by atoms with van der Waals surface area (Å²) in [5.41, 5.74) is 0. The van der Waals surface area contributed by atoms with Crippen molar-refractivity contribution in [3.05, 3.63) is 0 Å². The fourth-order valence-electron chi connectivity index (χ4n) is 4.68. The second-order valence-corrected chi connectivity index (χ2v) is 13.7. The normalized spacial score (nSPS) is 18.0. The summed E-state index contributed by atoms with van der Waals surface area (Å²) in [6.07, 6.45) is 0.485. The molecule has 0 aromatic carbocycles. The molecule has 0 saturated carbocycles. The highest BCUT2D eigenvalue weighted by molar-refractivity contribution is 6.06. The Morgan fingerprint density at radius 2 is 1.10 bits per heavy atom. The second kappa shape index (κ2) is 20.1. The lowest BCUT2D eigenvalue weighted by Crippen LogP contribution is -2.43. The van der Waals surface area contributed by atoms with Crippen molar-refractivity contribution in [1.29, 1.82) is 0 Å². The summed E-state index contributed by atoms with van der Waals surface area (Å²) in [7, 11) is 3.13. The zero-order valence-electron chi connectivity index (χ0n) is 30.4. The van der Waals surface area contributed by atoms with Gasteiger partial charge in [0.05, 0.1) is 19.6 Å². The molecule has 2 aliphatic rings. The van der Waals surface area contributed by atoms with Crippen molar-refractivity contribution in [2.75, 3.05) is 60.3 Å². The maximum absolute atomic E-state index is 12.2. The number of rotatable bonds is 18. The van der Waals surface area contributed by atoms with E-state index in [0.717, 1.165) is 9.80 Å². The first-order valence-corrected chi connectivity index (χ1v) is 16.7. The van der Waals surface area contributed by atoms with Gasteiger partial charge < -0.3 is 19.3 Å². The van der Waals surface area contributed by atoms with Crippen LogP contribution in [0.3, 0.4) is 0 Å². The number of imide groups is 2. The van der Waals surface area contributed by atoms with Gasteiger partial charge >= 0.3 is 0 Å². The lowest BCUT2D eigenvalue weighted by molar-refractivity contribution is -0.146. The number of likely N-dealkylation sites (N-methyl/N-ethyl adjacent to an activating group) is 1. The van der Waals surface area contributed by atoms with E-state index < -0.39 is 0 Å². The van der Waals surface area contributed by atoms with Crippen LogP contribution in [0.1, 0.15) is 74.7 Å². The lowest BCUT2D eigenvalue weighted by atomic mass is 9.94. The molecule has 0 radical (unpaired) electrons. The van der Waals surface area contributed by atoms with Crippen molar-refractivity contribution >= 4 is 47.0 Å². The van der Waals surface area contributed by atoms with E-state index in [1.807, 2.05) is 27.7 Å². The summed E-state index contributed by atoms with van der Waals surface area (Å²) in [6, 6.07) is 0. The first kappa shape index (κ1) is 42.5. The molecule has 272 valence electrons. The van der Waals surface area contributed by atoms with E-state index in [0.29, 0.717) is 6.54 Å². The Hall–Kier alpha value is -3.52. The van der Waals surface area contributed by atoms with E-state index in [4.69, 9.17) is 9.47 Å². The molecule has 2 aliphatic heterocycles. The Labute approximate surface area is 284 Å². The van der Waals surface area contributed by atoms with Gasteiger partial charge in [0.15, 0.2) is 11.6 Å². The van der Waals surface area contributed by atoms with E-state index in [2.05, 4.69) is 0 Å². The van der Waals surface area contributed by atoms with Gasteiger partial charge in [0.25, 0.3) is 0 Å². The molecule has 0 bridgehead atoms. The van der Waals surface area contributed by atoms with Gasteiger partial charge in [-0.3, -0.25) is 48.2 Å². The van der Waals surface area contributed by atoms with Gasteiger partial charge in [-0.05, 0) is 11.8 Å². The van der Waals surface area contributed by atoms with Crippen LogP contribution in [0, 0.1) is 35.5 Å². The quantitative estimate of drug-likeness (QED) is 0.154. The van der Waals surface area contributed by atoms with Gasteiger partial charge in [-0.1, -0.05) is 55.4 Å². The number of carbonyl (C=O) groups excluding carboxylic acids is 8. The Kier molecular flexibility index (Phi) is 17.8. The average Bonchev–Trinajstić information content (AvgIpc) is 3.46. The molecular formula is C34H56N4O10. The van der Waals surface area contributed by atoms with Crippen LogP contribution in [-0.4, -0.2) is 127 Å². The van der Waals surface area contributed by atoms with Gasteiger partial charge in [-0.25, -0.2) is 0 Å². The first-order valence-electron chi connectivity index (χ1n) is 16.7. The third-order valence-corrected chi connectivity index (χ3v) is 8.47. The molecule has 0 spiro atoms. The van der Waals surface area contributed by atoms with E-state index in [-0.39, 0.29) is 141 Å². The summed E-state index contributed by atoms with van der Waals surface area (Å²) in [4.78, 5) is 100. The predicted molar refractivity (Wildman–Crippen MR) is 176 cm³/mol. The van der Waals surface area contributed by atoms with Gasteiger partial charge in [-0.2, -0.15) is 0 Å². The number of ether oxygens (including phenoxy) is 2. The average molecular weight is 681 g/mol. The van der Waals surface area contributed by atoms with Gasteiger partial charge in [0.2, 0.25) is 35.4 Å². The third-order valence-electron chi connectivity index (χ3n) is 8.47. The number of hydrogen-bond acceptors (Lipinski definition) is 10. The Morgan fingerprint density at radius 3 is 1.54 bits per heavy atom. The molecule has 14 nitrogen and oxygen atoms in total. The highest BCUT2D eigenvalue weighted by Crippen LogP contribution is 2.27. The summed E-state index contributed by atoms with van der Waals surface area (Å²) >= 11 is 0. The van der Waals surface area contributed by atoms with E-state index in [9.17, 15) is 38.4 Å². The van der Waals surface area contributed by atoms with Crippen LogP contribution in [0.15, 0.2) is 0 Å². The number of hydrogen-bond donors (Lipinski definition) is 0. The van der Waals surface area contributed by atoms with E-state index in [1.54, 1.807) is 41.8 Å².